The Bertz CT molecular complexity index is 554. The maximum Gasteiger partial charge on any atom is 0.328 e. The van der Waals surface area contributed by atoms with Crippen molar-refractivity contribution in [1.82, 2.24) is 10.9 Å². The van der Waals surface area contributed by atoms with Gasteiger partial charge < -0.3 is 9.84 Å². The lowest BCUT2D eigenvalue weighted by atomic mass is 10.2. The molecule has 7 nitrogen and oxygen atoms in total. The summed E-state index contributed by atoms with van der Waals surface area (Å²) in [6.45, 7) is 2.41. The molecule has 112 valence electrons. The fraction of sp³-hybridized carbons (Fsp3) is 0.214. The topological polar surface area (TPSA) is 105 Å². The summed E-state index contributed by atoms with van der Waals surface area (Å²) >= 11 is 0. The van der Waals surface area contributed by atoms with Crippen LogP contribution in [0.4, 0.5) is 0 Å². The number of ether oxygens (including phenoxy) is 1. The van der Waals surface area contributed by atoms with Crippen LogP contribution in [-0.2, 0) is 9.59 Å². The zero-order valence-corrected chi connectivity index (χ0v) is 11.5. The molecule has 21 heavy (non-hydrogen) atoms. The van der Waals surface area contributed by atoms with Crippen molar-refractivity contribution in [1.29, 1.82) is 0 Å². The summed E-state index contributed by atoms with van der Waals surface area (Å²) in [5, 5.41) is 8.37. The molecule has 1 aromatic carbocycles. The Hall–Kier alpha value is -2.83. The van der Waals surface area contributed by atoms with Gasteiger partial charge in [-0.3, -0.25) is 20.4 Å². The van der Waals surface area contributed by atoms with Crippen LogP contribution in [0.3, 0.4) is 0 Å². The van der Waals surface area contributed by atoms with Gasteiger partial charge in [-0.1, -0.05) is 19.1 Å². The number of nitrogens with one attached hydrogen (secondary N) is 2. The van der Waals surface area contributed by atoms with Gasteiger partial charge in [0.15, 0.2) is 0 Å². The van der Waals surface area contributed by atoms with E-state index in [2.05, 4.69) is 10.9 Å². The first-order chi connectivity index (χ1) is 10.0. The van der Waals surface area contributed by atoms with E-state index in [1.54, 1.807) is 24.3 Å². The van der Waals surface area contributed by atoms with Gasteiger partial charge in [-0.2, -0.15) is 0 Å². The standard InChI is InChI=1S/C14H16N2O5/c1-2-9-21-11-6-4-3-5-10(11)14(20)16-15-12(17)7-8-13(18)19/h3-8H,2,9H2,1H3,(H,15,17)(H,16,20)(H,18,19)/b8-7+. The van der Waals surface area contributed by atoms with E-state index in [1.165, 1.54) is 0 Å². The van der Waals surface area contributed by atoms with Gasteiger partial charge in [-0.25, -0.2) is 4.79 Å². The van der Waals surface area contributed by atoms with Crippen LogP contribution in [0.5, 0.6) is 5.75 Å². The second-order valence-corrected chi connectivity index (χ2v) is 3.96. The molecule has 0 radical (unpaired) electrons. The van der Waals surface area contributed by atoms with Crippen LogP contribution in [0.15, 0.2) is 36.4 Å². The molecule has 0 aliphatic carbocycles. The number of benzene rings is 1. The molecule has 0 heterocycles. The lowest BCUT2D eigenvalue weighted by Gasteiger charge is -2.11. The van der Waals surface area contributed by atoms with Gasteiger partial charge in [0.2, 0.25) is 0 Å². The number of hydrogen-bond acceptors (Lipinski definition) is 4. The summed E-state index contributed by atoms with van der Waals surface area (Å²) in [5.74, 6) is -2.15. The summed E-state index contributed by atoms with van der Waals surface area (Å²) in [6.07, 6.45) is 2.26. The first-order valence-corrected chi connectivity index (χ1v) is 6.27. The summed E-state index contributed by atoms with van der Waals surface area (Å²) in [5.41, 5.74) is 4.52. The number of para-hydroxylation sites is 1. The molecule has 0 spiro atoms. The van der Waals surface area contributed by atoms with E-state index in [1.807, 2.05) is 6.92 Å². The first kappa shape index (κ1) is 16.2. The van der Waals surface area contributed by atoms with Crippen LogP contribution in [0, 0.1) is 0 Å². The summed E-state index contributed by atoms with van der Waals surface area (Å²) < 4.78 is 5.43. The number of carboxylic acids is 1. The molecule has 1 aromatic rings. The Morgan fingerprint density at radius 2 is 1.90 bits per heavy atom. The van der Waals surface area contributed by atoms with Crippen LogP contribution in [-0.4, -0.2) is 29.5 Å². The van der Waals surface area contributed by atoms with Gasteiger partial charge in [0.05, 0.1) is 12.2 Å². The Labute approximate surface area is 121 Å². The van der Waals surface area contributed by atoms with E-state index in [-0.39, 0.29) is 5.56 Å². The lowest BCUT2D eigenvalue weighted by molar-refractivity contribution is -0.131. The summed E-state index contributed by atoms with van der Waals surface area (Å²) in [7, 11) is 0. The van der Waals surface area contributed by atoms with Crippen LogP contribution < -0.4 is 15.6 Å². The normalized spacial score (nSPS) is 10.1. The van der Waals surface area contributed by atoms with Crippen molar-refractivity contribution >= 4 is 17.8 Å². The van der Waals surface area contributed by atoms with Crippen LogP contribution >= 0.6 is 0 Å². The molecule has 7 heteroatoms. The molecule has 0 saturated heterocycles. The van der Waals surface area contributed by atoms with E-state index in [9.17, 15) is 14.4 Å². The van der Waals surface area contributed by atoms with Crippen LogP contribution in [0.25, 0.3) is 0 Å². The number of hydrogen-bond donors (Lipinski definition) is 3. The van der Waals surface area contributed by atoms with Crippen molar-refractivity contribution < 1.29 is 24.2 Å². The molecule has 0 aromatic heterocycles. The largest absolute Gasteiger partial charge is 0.493 e. The predicted octanol–water partition coefficient (Wildman–Crippen LogP) is 0.877. The molecular weight excluding hydrogens is 276 g/mol. The smallest absolute Gasteiger partial charge is 0.328 e. The Morgan fingerprint density at radius 3 is 2.57 bits per heavy atom. The third kappa shape index (κ3) is 5.77. The molecule has 0 aliphatic rings. The van der Waals surface area contributed by atoms with E-state index < -0.39 is 17.8 Å². The van der Waals surface area contributed by atoms with Crippen molar-refractivity contribution in [3.8, 4) is 5.75 Å². The van der Waals surface area contributed by atoms with Gasteiger partial charge in [0, 0.05) is 12.2 Å². The third-order valence-electron chi connectivity index (χ3n) is 2.27. The summed E-state index contributed by atoms with van der Waals surface area (Å²) in [4.78, 5) is 33.4. The fourth-order valence-electron chi connectivity index (χ4n) is 1.37. The molecule has 1 rings (SSSR count). The molecule has 0 fully saturated rings. The maximum atomic E-state index is 11.9. The second kappa shape index (κ2) is 8.36. The third-order valence-corrected chi connectivity index (χ3v) is 2.27. The van der Waals surface area contributed by atoms with Crippen molar-refractivity contribution in [2.24, 2.45) is 0 Å². The molecule has 0 atom stereocenters. The first-order valence-electron chi connectivity index (χ1n) is 6.27. The van der Waals surface area contributed by atoms with Gasteiger partial charge >= 0.3 is 5.97 Å². The zero-order chi connectivity index (χ0) is 15.7. The average Bonchev–Trinajstić information content (AvgIpc) is 2.48. The molecule has 0 unspecified atom stereocenters. The monoisotopic (exact) mass is 292 g/mol. The molecule has 0 saturated carbocycles. The van der Waals surface area contributed by atoms with Gasteiger partial charge in [-0.05, 0) is 18.6 Å². The van der Waals surface area contributed by atoms with Crippen LogP contribution in [0.2, 0.25) is 0 Å². The van der Waals surface area contributed by atoms with Crippen molar-refractivity contribution in [3.63, 3.8) is 0 Å². The Morgan fingerprint density at radius 1 is 1.19 bits per heavy atom. The summed E-state index contributed by atoms with van der Waals surface area (Å²) in [6, 6.07) is 6.60. The van der Waals surface area contributed by atoms with E-state index in [4.69, 9.17) is 9.84 Å². The zero-order valence-electron chi connectivity index (χ0n) is 11.5. The molecule has 2 amide bonds. The van der Waals surface area contributed by atoms with E-state index in [0.717, 1.165) is 12.5 Å². The highest BCUT2D eigenvalue weighted by atomic mass is 16.5. The minimum Gasteiger partial charge on any atom is -0.493 e. The van der Waals surface area contributed by atoms with Gasteiger partial charge in [0.1, 0.15) is 5.75 Å². The van der Waals surface area contributed by atoms with Gasteiger partial charge in [0.25, 0.3) is 11.8 Å². The predicted molar refractivity (Wildman–Crippen MR) is 74.6 cm³/mol. The number of rotatable bonds is 6. The van der Waals surface area contributed by atoms with Crippen LogP contribution in [0.1, 0.15) is 23.7 Å². The SMILES string of the molecule is CCCOc1ccccc1C(=O)NNC(=O)/C=C/C(=O)O. The highest BCUT2D eigenvalue weighted by molar-refractivity contribution is 5.99. The number of amides is 2. The highest BCUT2D eigenvalue weighted by Crippen LogP contribution is 2.17. The van der Waals surface area contributed by atoms with Gasteiger partial charge in [-0.15, -0.1) is 0 Å². The highest BCUT2D eigenvalue weighted by Gasteiger charge is 2.12. The molecular formula is C14H16N2O5. The number of carbonyl (C=O) groups excluding carboxylic acids is 2. The fourth-order valence-corrected chi connectivity index (χ4v) is 1.37. The molecule has 0 bridgehead atoms. The van der Waals surface area contributed by atoms with E-state index >= 15 is 0 Å². The molecule has 3 N–H and O–H groups in total. The maximum absolute atomic E-state index is 11.9. The van der Waals surface area contributed by atoms with Crippen molar-refractivity contribution in [2.75, 3.05) is 6.61 Å². The quantitative estimate of drug-likeness (QED) is 0.533. The van der Waals surface area contributed by atoms with Crippen molar-refractivity contribution in [3.05, 3.63) is 42.0 Å². The number of hydrazine groups is 1. The molecule has 0 aliphatic heterocycles. The van der Waals surface area contributed by atoms with E-state index in [0.29, 0.717) is 18.4 Å². The number of aliphatic carboxylic acids is 1. The average molecular weight is 292 g/mol. The minimum atomic E-state index is -1.25. The Kier molecular flexibility index (Phi) is 6.46. The lowest BCUT2D eigenvalue weighted by Crippen LogP contribution is -2.41. The second-order valence-electron chi connectivity index (χ2n) is 3.96. The van der Waals surface area contributed by atoms with Crippen molar-refractivity contribution in [2.45, 2.75) is 13.3 Å². The Balaban J connectivity index is 2.63. The number of carbonyl (C=O) groups is 3. The number of carboxylic acid groups (broad SMARTS) is 1. The minimum absolute atomic E-state index is 0.272.